The van der Waals surface area contributed by atoms with Gasteiger partial charge in [-0.3, -0.25) is 0 Å². The fourth-order valence-corrected chi connectivity index (χ4v) is 2.37. The summed E-state index contributed by atoms with van der Waals surface area (Å²) in [5.74, 6) is 0. The first-order chi connectivity index (χ1) is 8.15. The van der Waals surface area contributed by atoms with E-state index in [0.717, 1.165) is 19.6 Å². The second-order valence-electron chi connectivity index (χ2n) is 5.16. The average Bonchev–Trinajstić information content (AvgIpc) is 2.29. The van der Waals surface area contributed by atoms with Gasteiger partial charge in [0.05, 0.1) is 12.7 Å². The van der Waals surface area contributed by atoms with Crippen molar-refractivity contribution < 1.29 is 9.47 Å². The number of hydrogen-bond donors (Lipinski definition) is 1. The predicted octanol–water partition coefficient (Wildman–Crippen LogP) is 1.11. The molecule has 3 unspecified atom stereocenters. The van der Waals surface area contributed by atoms with Crippen LogP contribution in [-0.2, 0) is 9.47 Å². The lowest BCUT2D eigenvalue weighted by molar-refractivity contribution is 0.00378. The van der Waals surface area contributed by atoms with E-state index in [1.54, 1.807) is 14.2 Å². The molecule has 0 aromatic rings. The maximum absolute atomic E-state index is 5.44. The lowest BCUT2D eigenvalue weighted by Gasteiger charge is -2.32. The van der Waals surface area contributed by atoms with Crippen LogP contribution in [0.3, 0.4) is 0 Å². The van der Waals surface area contributed by atoms with Gasteiger partial charge < -0.3 is 19.7 Å². The highest BCUT2D eigenvalue weighted by molar-refractivity contribution is 4.76. The zero-order chi connectivity index (χ0) is 12.7. The van der Waals surface area contributed by atoms with Gasteiger partial charge in [0, 0.05) is 32.8 Å². The quantitative estimate of drug-likeness (QED) is 0.785. The molecule has 0 spiro atoms. The van der Waals surface area contributed by atoms with Gasteiger partial charge in [-0.2, -0.15) is 0 Å². The van der Waals surface area contributed by atoms with E-state index < -0.39 is 0 Å². The molecule has 102 valence electrons. The van der Waals surface area contributed by atoms with Crippen molar-refractivity contribution in [3.63, 3.8) is 0 Å². The van der Waals surface area contributed by atoms with E-state index in [-0.39, 0.29) is 6.10 Å². The average molecular weight is 244 g/mol. The Morgan fingerprint density at radius 1 is 1.18 bits per heavy atom. The highest BCUT2D eigenvalue weighted by atomic mass is 16.5. The van der Waals surface area contributed by atoms with Crippen molar-refractivity contribution in [1.29, 1.82) is 0 Å². The summed E-state index contributed by atoms with van der Waals surface area (Å²) in [4.78, 5) is 2.50. The first-order valence-corrected chi connectivity index (χ1v) is 6.65. The minimum absolute atomic E-state index is 0.193. The largest absolute Gasteiger partial charge is 0.382 e. The molecule has 1 heterocycles. The highest BCUT2D eigenvalue weighted by Gasteiger charge is 2.18. The van der Waals surface area contributed by atoms with Crippen molar-refractivity contribution in [3.05, 3.63) is 0 Å². The summed E-state index contributed by atoms with van der Waals surface area (Å²) in [6.07, 6.45) is 2.60. The van der Waals surface area contributed by atoms with Gasteiger partial charge in [0.2, 0.25) is 0 Å². The summed E-state index contributed by atoms with van der Waals surface area (Å²) >= 11 is 0. The lowest BCUT2D eigenvalue weighted by Crippen LogP contribution is -2.45. The van der Waals surface area contributed by atoms with Gasteiger partial charge in [0.15, 0.2) is 0 Å². The van der Waals surface area contributed by atoms with Crippen LogP contribution >= 0.6 is 0 Å². The molecule has 17 heavy (non-hydrogen) atoms. The minimum Gasteiger partial charge on any atom is -0.382 e. The maximum atomic E-state index is 5.44. The Labute approximate surface area is 106 Å². The predicted molar refractivity (Wildman–Crippen MR) is 70.4 cm³/mol. The van der Waals surface area contributed by atoms with Gasteiger partial charge in [-0.25, -0.2) is 0 Å². The zero-order valence-corrected chi connectivity index (χ0v) is 11.7. The van der Waals surface area contributed by atoms with Crippen molar-refractivity contribution in [1.82, 2.24) is 10.2 Å². The van der Waals surface area contributed by atoms with Crippen molar-refractivity contribution in [2.45, 2.75) is 44.9 Å². The molecule has 1 aliphatic rings. The summed E-state index contributed by atoms with van der Waals surface area (Å²) in [5.41, 5.74) is 0. The Bertz CT molecular complexity index is 190. The molecular weight excluding hydrogens is 216 g/mol. The normalized spacial score (nSPS) is 29.6. The Balaban J connectivity index is 2.39. The number of nitrogens with zero attached hydrogens (tertiary/aromatic N) is 1. The van der Waals surface area contributed by atoms with Crippen LogP contribution in [0.25, 0.3) is 0 Å². The third kappa shape index (κ3) is 5.82. The van der Waals surface area contributed by atoms with Crippen LogP contribution in [0, 0.1) is 0 Å². The highest BCUT2D eigenvalue weighted by Crippen LogP contribution is 2.08. The van der Waals surface area contributed by atoms with Crippen LogP contribution in [0.2, 0.25) is 0 Å². The lowest BCUT2D eigenvalue weighted by atomic mass is 10.1. The van der Waals surface area contributed by atoms with Crippen LogP contribution in [0.5, 0.6) is 0 Å². The van der Waals surface area contributed by atoms with Crippen molar-refractivity contribution in [3.8, 4) is 0 Å². The molecule has 1 fully saturated rings. The van der Waals surface area contributed by atoms with Crippen molar-refractivity contribution in [2.75, 3.05) is 40.5 Å². The molecule has 0 saturated carbocycles. The molecule has 1 N–H and O–H groups in total. The minimum atomic E-state index is 0.193. The fourth-order valence-electron chi connectivity index (χ4n) is 2.37. The van der Waals surface area contributed by atoms with Crippen molar-refractivity contribution >= 4 is 0 Å². The van der Waals surface area contributed by atoms with E-state index in [1.165, 1.54) is 12.8 Å². The van der Waals surface area contributed by atoms with Gasteiger partial charge in [-0.05, 0) is 39.8 Å². The molecule has 0 radical (unpaired) electrons. The van der Waals surface area contributed by atoms with Crippen LogP contribution in [-0.4, -0.2) is 63.5 Å². The van der Waals surface area contributed by atoms with Crippen LogP contribution in [0.1, 0.15) is 26.7 Å². The zero-order valence-electron chi connectivity index (χ0n) is 11.7. The first-order valence-electron chi connectivity index (χ1n) is 6.65. The van der Waals surface area contributed by atoms with Crippen LogP contribution in [0.4, 0.5) is 0 Å². The second kappa shape index (κ2) is 8.03. The summed E-state index contributed by atoms with van der Waals surface area (Å²) < 4.78 is 10.6. The molecule has 0 aromatic heterocycles. The Kier molecular flexibility index (Phi) is 7.04. The monoisotopic (exact) mass is 244 g/mol. The molecule has 1 rings (SSSR count). The Hall–Kier alpha value is -0.160. The van der Waals surface area contributed by atoms with E-state index in [1.807, 2.05) is 0 Å². The van der Waals surface area contributed by atoms with Gasteiger partial charge in [0.25, 0.3) is 0 Å². The molecule has 0 bridgehead atoms. The van der Waals surface area contributed by atoms with Crippen LogP contribution < -0.4 is 5.32 Å². The molecule has 1 saturated heterocycles. The smallest absolute Gasteiger partial charge is 0.0931 e. The Morgan fingerprint density at radius 3 is 2.24 bits per heavy atom. The molecule has 0 amide bonds. The van der Waals surface area contributed by atoms with E-state index in [9.17, 15) is 0 Å². The number of rotatable bonds is 5. The molecule has 1 aliphatic heterocycles. The summed E-state index contributed by atoms with van der Waals surface area (Å²) in [6, 6.07) is 1.22. The SMILES string of the molecule is COCC(CN1CCC(C)NC(C)CC1)OC. The Morgan fingerprint density at radius 2 is 1.76 bits per heavy atom. The molecular formula is C13H28N2O2. The van der Waals surface area contributed by atoms with Gasteiger partial charge in [0.1, 0.15) is 0 Å². The molecule has 0 aliphatic carbocycles. The summed E-state index contributed by atoms with van der Waals surface area (Å²) in [5, 5.41) is 3.61. The van der Waals surface area contributed by atoms with E-state index in [0.29, 0.717) is 18.7 Å². The second-order valence-corrected chi connectivity index (χ2v) is 5.16. The maximum Gasteiger partial charge on any atom is 0.0931 e. The third-order valence-electron chi connectivity index (χ3n) is 3.47. The van der Waals surface area contributed by atoms with Gasteiger partial charge in [-0.1, -0.05) is 0 Å². The molecule has 3 atom stereocenters. The van der Waals surface area contributed by atoms with E-state index in [4.69, 9.17) is 9.47 Å². The summed E-state index contributed by atoms with van der Waals surface area (Å²) in [6.45, 7) is 8.47. The number of methoxy groups -OCH3 is 2. The molecule has 4 heteroatoms. The fraction of sp³-hybridized carbons (Fsp3) is 1.00. The standard InChI is InChI=1S/C13H28N2O2/c1-11-5-7-15(8-6-12(2)14-11)9-13(17-4)10-16-3/h11-14H,5-10H2,1-4H3. The molecule has 0 aromatic carbocycles. The number of hydrogen-bond acceptors (Lipinski definition) is 4. The van der Waals surface area contributed by atoms with E-state index in [2.05, 4.69) is 24.1 Å². The third-order valence-corrected chi connectivity index (χ3v) is 3.47. The van der Waals surface area contributed by atoms with Gasteiger partial charge >= 0.3 is 0 Å². The topological polar surface area (TPSA) is 33.7 Å². The van der Waals surface area contributed by atoms with Gasteiger partial charge in [-0.15, -0.1) is 0 Å². The number of ether oxygens (including phenoxy) is 2. The van der Waals surface area contributed by atoms with Crippen molar-refractivity contribution in [2.24, 2.45) is 0 Å². The first kappa shape index (κ1) is 14.9. The molecule has 4 nitrogen and oxygen atoms in total. The summed E-state index contributed by atoms with van der Waals surface area (Å²) in [7, 11) is 3.49. The van der Waals surface area contributed by atoms with Crippen LogP contribution in [0.15, 0.2) is 0 Å². The number of nitrogens with one attached hydrogen (secondary N) is 1. The van der Waals surface area contributed by atoms with E-state index >= 15 is 0 Å².